The van der Waals surface area contributed by atoms with Crippen molar-refractivity contribution in [2.75, 3.05) is 42.3 Å². The first-order valence-corrected chi connectivity index (χ1v) is 2.68. The third kappa shape index (κ3) is 809. The molecular formula is C6H18Cl2N3Ta. The van der Waals surface area contributed by atoms with Crippen molar-refractivity contribution < 1.29 is 47.2 Å². The van der Waals surface area contributed by atoms with Gasteiger partial charge in [-0.05, 0) is 0 Å². The summed E-state index contributed by atoms with van der Waals surface area (Å²) >= 11 is 0. The molecule has 0 radical (unpaired) electrons. The molecule has 0 atom stereocenters. The van der Waals surface area contributed by atoms with Gasteiger partial charge >= 0.3 is 22.4 Å². The van der Waals surface area contributed by atoms with Crippen LogP contribution in [0.1, 0.15) is 0 Å². The van der Waals surface area contributed by atoms with E-state index in [0.717, 1.165) is 0 Å². The van der Waals surface area contributed by atoms with Gasteiger partial charge in [0.25, 0.3) is 0 Å². The Balaban J connectivity index is -0.00000001000. The van der Waals surface area contributed by atoms with Crippen molar-refractivity contribution >= 4 is 0 Å². The Hall–Kier alpha value is 1.20. The van der Waals surface area contributed by atoms with Gasteiger partial charge in [-0.2, -0.15) is 42.3 Å². The minimum atomic E-state index is 0. The Morgan fingerprint density at radius 2 is 0.500 bits per heavy atom. The van der Waals surface area contributed by atoms with Crippen molar-refractivity contribution in [3.05, 3.63) is 16.0 Å². The second kappa shape index (κ2) is 86.8. The molecule has 0 saturated carbocycles. The van der Waals surface area contributed by atoms with Crippen LogP contribution in [-0.4, -0.2) is 42.3 Å². The van der Waals surface area contributed by atoms with E-state index in [2.05, 4.69) is 16.0 Å². The Morgan fingerprint density at radius 3 is 0.500 bits per heavy atom. The summed E-state index contributed by atoms with van der Waals surface area (Å²) in [5.41, 5.74) is 0. The zero-order valence-electron chi connectivity index (χ0n) is 8.54. The molecule has 0 N–H and O–H groups in total. The van der Waals surface area contributed by atoms with Crippen molar-refractivity contribution in [1.82, 2.24) is 0 Å². The Morgan fingerprint density at radius 1 is 0.500 bits per heavy atom. The minimum Gasteiger partial charge on any atom is -1.00 e. The summed E-state index contributed by atoms with van der Waals surface area (Å²) in [4.78, 5) is 0. The molecule has 0 amide bonds. The van der Waals surface area contributed by atoms with Crippen molar-refractivity contribution in [1.29, 1.82) is 0 Å². The van der Waals surface area contributed by atoms with E-state index in [4.69, 9.17) is 0 Å². The Labute approximate surface area is 105 Å². The maximum Gasteiger partial charge on any atom is 5.00 e. The van der Waals surface area contributed by atoms with E-state index in [0.29, 0.717) is 0 Å². The zero-order valence-corrected chi connectivity index (χ0v) is 13.3. The second-order valence-corrected chi connectivity index (χ2v) is 1.34. The molecular weight excluding hydrogens is 366 g/mol. The van der Waals surface area contributed by atoms with E-state index in [1.807, 2.05) is 0 Å². The van der Waals surface area contributed by atoms with E-state index in [-0.39, 0.29) is 47.2 Å². The van der Waals surface area contributed by atoms with Crippen LogP contribution in [0.4, 0.5) is 0 Å². The topological polar surface area (TPSA) is 42.3 Å². The molecule has 0 heterocycles. The van der Waals surface area contributed by atoms with Gasteiger partial charge in [-0.3, -0.25) is 0 Å². The summed E-state index contributed by atoms with van der Waals surface area (Å²) in [5, 5.41) is 10.5. The molecule has 0 aromatic heterocycles. The van der Waals surface area contributed by atoms with Gasteiger partial charge in [-0.1, -0.05) is 0 Å². The monoisotopic (exact) mass is 383 g/mol. The molecule has 6 heteroatoms. The van der Waals surface area contributed by atoms with Crippen LogP contribution >= 0.6 is 0 Å². The molecule has 0 aromatic rings. The van der Waals surface area contributed by atoms with E-state index in [1.165, 1.54) is 0 Å². The third-order valence-electron chi connectivity index (χ3n) is 0. The quantitative estimate of drug-likeness (QED) is 0.408. The van der Waals surface area contributed by atoms with Crippen LogP contribution in [0.3, 0.4) is 0 Å². The van der Waals surface area contributed by atoms with E-state index < -0.39 is 0 Å². The van der Waals surface area contributed by atoms with Crippen LogP contribution in [-0.2, 0) is 22.4 Å². The SMILES string of the molecule is C[N-]C.C[N-]C.C[N-]C.[Cl-].[Cl-].[Ta+5]. The van der Waals surface area contributed by atoms with Gasteiger partial charge < -0.3 is 40.8 Å². The second-order valence-electron chi connectivity index (χ2n) is 1.34. The molecule has 76 valence electrons. The molecule has 0 aliphatic rings. The number of nitrogens with zero attached hydrogens (tertiary/aromatic N) is 3. The Bertz CT molecular complexity index is 25.5. The number of hydrogen-bond donors (Lipinski definition) is 0. The van der Waals surface area contributed by atoms with Crippen LogP contribution in [0.25, 0.3) is 16.0 Å². The molecule has 0 aliphatic heterocycles. The first-order valence-electron chi connectivity index (χ1n) is 2.68. The van der Waals surface area contributed by atoms with Crippen LogP contribution in [0.15, 0.2) is 0 Å². The van der Waals surface area contributed by atoms with Gasteiger partial charge in [0, 0.05) is 0 Å². The van der Waals surface area contributed by atoms with Gasteiger partial charge in [-0.15, -0.1) is 0 Å². The molecule has 0 spiro atoms. The number of halogens is 2. The van der Waals surface area contributed by atoms with Gasteiger partial charge in [0.2, 0.25) is 0 Å². The summed E-state index contributed by atoms with van der Waals surface area (Å²) in [7, 11) is 10.5. The van der Waals surface area contributed by atoms with Crippen molar-refractivity contribution in [3.63, 3.8) is 0 Å². The average molecular weight is 384 g/mol. The van der Waals surface area contributed by atoms with E-state index in [9.17, 15) is 0 Å². The Kier molecular flexibility index (Phi) is 274. The summed E-state index contributed by atoms with van der Waals surface area (Å²) in [5.74, 6) is 0. The fourth-order valence-electron chi connectivity index (χ4n) is 0. The maximum absolute atomic E-state index is 3.50. The normalized spacial score (nSPS) is 4.50. The molecule has 0 rings (SSSR count). The summed E-state index contributed by atoms with van der Waals surface area (Å²) in [6.07, 6.45) is 0. The van der Waals surface area contributed by atoms with E-state index >= 15 is 0 Å². The van der Waals surface area contributed by atoms with Crippen LogP contribution < -0.4 is 24.8 Å². The van der Waals surface area contributed by atoms with Crippen molar-refractivity contribution in [2.24, 2.45) is 0 Å². The molecule has 12 heavy (non-hydrogen) atoms. The van der Waals surface area contributed by atoms with Crippen LogP contribution in [0.2, 0.25) is 0 Å². The maximum atomic E-state index is 3.50. The average Bonchev–Trinajstić information content (AvgIpc) is 1.70. The minimum absolute atomic E-state index is 0. The number of rotatable bonds is 0. The molecule has 0 saturated heterocycles. The molecule has 0 bridgehead atoms. The van der Waals surface area contributed by atoms with E-state index in [1.54, 1.807) is 42.3 Å². The molecule has 3 nitrogen and oxygen atoms in total. The zero-order chi connectivity index (χ0) is 8.12. The fourth-order valence-corrected chi connectivity index (χ4v) is 0. The smallest absolute Gasteiger partial charge is 1.00 e. The van der Waals surface area contributed by atoms with Crippen molar-refractivity contribution in [3.8, 4) is 0 Å². The molecule has 0 fully saturated rings. The van der Waals surface area contributed by atoms with Gasteiger partial charge in [0.15, 0.2) is 0 Å². The molecule has 0 unspecified atom stereocenters. The van der Waals surface area contributed by atoms with Gasteiger partial charge in [0.1, 0.15) is 0 Å². The van der Waals surface area contributed by atoms with Crippen LogP contribution in [0.5, 0.6) is 0 Å². The fraction of sp³-hybridized carbons (Fsp3) is 1.00. The van der Waals surface area contributed by atoms with Gasteiger partial charge in [0.05, 0.1) is 0 Å². The number of hydrogen-bond acceptors (Lipinski definition) is 0. The molecule has 0 aliphatic carbocycles. The predicted octanol–water partition coefficient (Wildman–Crippen LogP) is -4.14. The first-order chi connectivity index (χ1) is 4.24. The predicted molar refractivity (Wildman–Crippen MR) is 45.6 cm³/mol. The third-order valence-corrected chi connectivity index (χ3v) is 0. The summed E-state index contributed by atoms with van der Waals surface area (Å²) < 4.78 is 0. The standard InChI is InChI=1S/3C2H6N.2ClH.Ta/c3*1-3-2;;;/h3*1-2H3;2*1H;/q3*-1;;;+5/p-2. The molecule has 0 aromatic carbocycles. The van der Waals surface area contributed by atoms with Crippen molar-refractivity contribution in [2.45, 2.75) is 0 Å². The summed E-state index contributed by atoms with van der Waals surface area (Å²) in [6, 6.07) is 0. The summed E-state index contributed by atoms with van der Waals surface area (Å²) in [6.45, 7) is 0. The first kappa shape index (κ1) is 37.9. The largest absolute Gasteiger partial charge is 5.00 e. The van der Waals surface area contributed by atoms with Crippen LogP contribution in [0, 0.1) is 0 Å². The van der Waals surface area contributed by atoms with Gasteiger partial charge in [-0.25, -0.2) is 0 Å².